The molecule has 15 heavy (non-hydrogen) atoms. The molecule has 0 spiro atoms. The average molecular weight is 222 g/mol. The Morgan fingerprint density at radius 1 is 1.40 bits per heavy atom. The van der Waals surface area contributed by atoms with Crippen LogP contribution in [0.3, 0.4) is 0 Å². The third kappa shape index (κ3) is 3.02. The number of carbonyl (C=O) groups is 1. The number of aryl methyl sites for hydroxylation is 1. The standard InChI is InChI=1S/C11H14N2OS/c1-8-6-12-11(13-7-8)15-10-4-2-3-9(14)5-10/h6-7,10H,2-5H2,1H3. The number of thioether (sulfide) groups is 1. The van der Waals surface area contributed by atoms with Gasteiger partial charge in [0, 0.05) is 30.5 Å². The second-order valence-corrected chi connectivity index (χ2v) is 5.19. The summed E-state index contributed by atoms with van der Waals surface area (Å²) in [7, 11) is 0. The van der Waals surface area contributed by atoms with Gasteiger partial charge in [-0.25, -0.2) is 9.97 Å². The number of nitrogens with zero attached hydrogens (tertiary/aromatic N) is 2. The summed E-state index contributed by atoms with van der Waals surface area (Å²) in [6.07, 6.45) is 7.20. The molecule has 1 atom stereocenters. The molecular formula is C11H14N2OS. The van der Waals surface area contributed by atoms with E-state index in [9.17, 15) is 4.79 Å². The lowest BCUT2D eigenvalue weighted by Crippen LogP contribution is -2.16. The summed E-state index contributed by atoms with van der Waals surface area (Å²) in [4.78, 5) is 19.7. The molecule has 1 heterocycles. The van der Waals surface area contributed by atoms with Gasteiger partial charge in [-0.15, -0.1) is 0 Å². The van der Waals surface area contributed by atoms with Crippen LogP contribution in [0.25, 0.3) is 0 Å². The monoisotopic (exact) mass is 222 g/mol. The lowest BCUT2D eigenvalue weighted by Gasteiger charge is -2.18. The van der Waals surface area contributed by atoms with Gasteiger partial charge < -0.3 is 0 Å². The summed E-state index contributed by atoms with van der Waals surface area (Å²) < 4.78 is 0. The van der Waals surface area contributed by atoms with E-state index in [1.165, 1.54) is 0 Å². The lowest BCUT2D eigenvalue weighted by atomic mass is 9.99. The second-order valence-electron chi connectivity index (χ2n) is 3.92. The third-order valence-electron chi connectivity index (χ3n) is 2.47. The molecule has 0 N–H and O–H groups in total. The van der Waals surface area contributed by atoms with Crippen molar-refractivity contribution in [3.8, 4) is 0 Å². The van der Waals surface area contributed by atoms with Crippen LogP contribution in [0.1, 0.15) is 31.2 Å². The molecule has 4 heteroatoms. The zero-order valence-electron chi connectivity index (χ0n) is 8.77. The average Bonchev–Trinajstić information content (AvgIpc) is 2.22. The van der Waals surface area contributed by atoms with E-state index in [1.807, 2.05) is 19.3 Å². The van der Waals surface area contributed by atoms with Crippen LogP contribution in [-0.4, -0.2) is 21.0 Å². The maximum atomic E-state index is 11.3. The van der Waals surface area contributed by atoms with Crippen molar-refractivity contribution in [3.05, 3.63) is 18.0 Å². The molecule has 1 aliphatic carbocycles. The zero-order valence-corrected chi connectivity index (χ0v) is 9.59. The van der Waals surface area contributed by atoms with Crippen LogP contribution in [0.2, 0.25) is 0 Å². The Kier molecular flexibility index (Phi) is 3.36. The van der Waals surface area contributed by atoms with Gasteiger partial charge in [0.1, 0.15) is 5.78 Å². The number of carbonyl (C=O) groups excluding carboxylic acids is 1. The minimum atomic E-state index is 0.380. The summed E-state index contributed by atoms with van der Waals surface area (Å²) in [5.74, 6) is 0.380. The normalized spacial score (nSPS) is 21.7. The Morgan fingerprint density at radius 2 is 2.13 bits per heavy atom. The van der Waals surface area contributed by atoms with Gasteiger partial charge in [0.15, 0.2) is 5.16 Å². The van der Waals surface area contributed by atoms with Crippen LogP contribution < -0.4 is 0 Å². The molecule has 1 fully saturated rings. The quantitative estimate of drug-likeness (QED) is 0.721. The van der Waals surface area contributed by atoms with Crippen LogP contribution in [0.4, 0.5) is 0 Å². The van der Waals surface area contributed by atoms with E-state index in [1.54, 1.807) is 11.8 Å². The second kappa shape index (κ2) is 4.75. The van der Waals surface area contributed by atoms with Gasteiger partial charge in [-0.3, -0.25) is 4.79 Å². The first-order chi connectivity index (χ1) is 7.24. The summed E-state index contributed by atoms with van der Waals surface area (Å²) in [5, 5.41) is 1.18. The maximum absolute atomic E-state index is 11.3. The molecule has 1 aromatic rings. The van der Waals surface area contributed by atoms with Crippen LogP contribution >= 0.6 is 11.8 Å². The Bertz CT molecular complexity index is 350. The number of Topliss-reactive ketones (excluding diaryl/α,β-unsaturated/α-hetero) is 1. The van der Waals surface area contributed by atoms with Crippen LogP contribution in [0, 0.1) is 6.92 Å². The Hall–Kier alpha value is -0.900. The zero-order chi connectivity index (χ0) is 10.7. The fourth-order valence-electron chi connectivity index (χ4n) is 1.68. The first-order valence-corrected chi connectivity index (χ1v) is 6.09. The Balaban J connectivity index is 1.96. The van der Waals surface area contributed by atoms with E-state index in [4.69, 9.17) is 0 Å². The van der Waals surface area contributed by atoms with E-state index in [0.717, 1.165) is 30.0 Å². The molecule has 0 saturated heterocycles. The minimum absolute atomic E-state index is 0.380. The fraction of sp³-hybridized carbons (Fsp3) is 0.545. The molecule has 1 saturated carbocycles. The molecule has 0 amide bonds. The highest BCUT2D eigenvalue weighted by Gasteiger charge is 2.21. The minimum Gasteiger partial charge on any atom is -0.300 e. The summed E-state index contributed by atoms with van der Waals surface area (Å²) in [5.41, 5.74) is 1.07. The van der Waals surface area contributed by atoms with Crippen molar-refractivity contribution < 1.29 is 4.79 Å². The molecular weight excluding hydrogens is 208 g/mol. The first-order valence-electron chi connectivity index (χ1n) is 5.21. The van der Waals surface area contributed by atoms with Crippen molar-refractivity contribution in [2.24, 2.45) is 0 Å². The van der Waals surface area contributed by atoms with Gasteiger partial charge in [-0.05, 0) is 25.3 Å². The number of hydrogen-bond donors (Lipinski definition) is 0. The lowest BCUT2D eigenvalue weighted by molar-refractivity contribution is -0.120. The largest absolute Gasteiger partial charge is 0.300 e. The predicted molar refractivity (Wildman–Crippen MR) is 59.9 cm³/mol. The SMILES string of the molecule is Cc1cnc(SC2CCCC(=O)C2)nc1. The highest BCUT2D eigenvalue weighted by molar-refractivity contribution is 7.99. The van der Waals surface area contributed by atoms with Crippen LogP contribution in [0.5, 0.6) is 0 Å². The molecule has 1 unspecified atom stereocenters. The molecule has 0 bridgehead atoms. The van der Waals surface area contributed by atoms with Gasteiger partial charge in [-0.2, -0.15) is 0 Å². The maximum Gasteiger partial charge on any atom is 0.187 e. The van der Waals surface area contributed by atoms with E-state index < -0.39 is 0 Å². The van der Waals surface area contributed by atoms with Gasteiger partial charge in [0.05, 0.1) is 0 Å². The van der Waals surface area contributed by atoms with Crippen molar-refractivity contribution in [2.75, 3.05) is 0 Å². The molecule has 80 valence electrons. The van der Waals surface area contributed by atoms with E-state index in [-0.39, 0.29) is 0 Å². The number of aromatic nitrogens is 2. The molecule has 1 aliphatic rings. The topological polar surface area (TPSA) is 42.9 Å². The molecule has 2 rings (SSSR count). The van der Waals surface area contributed by atoms with Crippen molar-refractivity contribution in [2.45, 2.75) is 43.0 Å². The highest BCUT2D eigenvalue weighted by atomic mass is 32.2. The smallest absolute Gasteiger partial charge is 0.187 e. The van der Waals surface area contributed by atoms with Crippen LogP contribution in [-0.2, 0) is 4.79 Å². The van der Waals surface area contributed by atoms with E-state index >= 15 is 0 Å². The van der Waals surface area contributed by atoms with Gasteiger partial charge in [-0.1, -0.05) is 11.8 Å². The van der Waals surface area contributed by atoms with Gasteiger partial charge in [0.2, 0.25) is 0 Å². The van der Waals surface area contributed by atoms with E-state index in [0.29, 0.717) is 17.5 Å². The number of ketones is 1. The predicted octanol–water partition coefficient (Wildman–Crippen LogP) is 2.39. The molecule has 0 aliphatic heterocycles. The third-order valence-corrected chi connectivity index (χ3v) is 3.62. The summed E-state index contributed by atoms with van der Waals surface area (Å²) >= 11 is 1.63. The van der Waals surface area contributed by atoms with E-state index in [2.05, 4.69) is 9.97 Å². The van der Waals surface area contributed by atoms with Crippen molar-refractivity contribution in [1.29, 1.82) is 0 Å². The van der Waals surface area contributed by atoms with Crippen molar-refractivity contribution in [3.63, 3.8) is 0 Å². The van der Waals surface area contributed by atoms with Crippen molar-refractivity contribution >= 4 is 17.5 Å². The number of hydrogen-bond acceptors (Lipinski definition) is 4. The van der Waals surface area contributed by atoms with Crippen molar-refractivity contribution in [1.82, 2.24) is 9.97 Å². The molecule has 0 radical (unpaired) electrons. The summed E-state index contributed by atoms with van der Waals surface area (Å²) in [6.45, 7) is 1.97. The number of rotatable bonds is 2. The molecule has 3 nitrogen and oxygen atoms in total. The van der Waals surface area contributed by atoms with Gasteiger partial charge >= 0.3 is 0 Å². The Labute approximate surface area is 93.7 Å². The molecule has 0 aromatic carbocycles. The highest BCUT2D eigenvalue weighted by Crippen LogP contribution is 2.29. The summed E-state index contributed by atoms with van der Waals surface area (Å²) in [6, 6.07) is 0. The fourth-order valence-corrected chi connectivity index (χ4v) is 2.76. The van der Waals surface area contributed by atoms with Gasteiger partial charge in [0.25, 0.3) is 0 Å². The molecule has 1 aromatic heterocycles. The first kappa shape index (κ1) is 10.6. The Morgan fingerprint density at radius 3 is 2.80 bits per heavy atom. The van der Waals surface area contributed by atoms with Crippen LogP contribution in [0.15, 0.2) is 17.6 Å².